The number of methoxy groups -OCH3 is 1. The molecule has 3 aromatic rings. The van der Waals surface area contributed by atoms with Crippen LogP contribution in [0.5, 0.6) is 11.5 Å². The molecule has 6 unspecified atom stereocenters. The average Bonchev–Trinajstić information content (AvgIpc) is 3.46. The van der Waals surface area contributed by atoms with E-state index in [0.717, 1.165) is 4.90 Å². The highest BCUT2D eigenvalue weighted by molar-refractivity contribution is 6.32. The summed E-state index contributed by atoms with van der Waals surface area (Å²) in [6.45, 7) is -0.0174. The van der Waals surface area contributed by atoms with Gasteiger partial charge in [0.15, 0.2) is 11.5 Å². The van der Waals surface area contributed by atoms with Crippen molar-refractivity contribution in [3.8, 4) is 11.5 Å². The summed E-state index contributed by atoms with van der Waals surface area (Å²) < 4.78 is 5.49. The molecular weight excluding hydrogens is 636 g/mol. The molecule has 0 spiro atoms. The predicted octanol–water partition coefficient (Wildman–Crippen LogP) is 5.08. The fourth-order valence-corrected chi connectivity index (χ4v) is 8.88. The van der Waals surface area contributed by atoms with Crippen LogP contribution in [0.1, 0.15) is 42.7 Å². The molecule has 0 bridgehead atoms. The summed E-state index contributed by atoms with van der Waals surface area (Å²) in [5, 5.41) is 21.2. The van der Waals surface area contributed by atoms with Crippen molar-refractivity contribution >= 4 is 46.9 Å². The molecule has 4 amide bonds. The summed E-state index contributed by atoms with van der Waals surface area (Å²) >= 11 is 6.35. The molecule has 2 heterocycles. The Bertz CT molecular complexity index is 1890. The number of aliphatic carboxylic acids is 1. The number of allylic oxidation sites excluding steroid dienone is 2. The lowest BCUT2D eigenvalue weighted by molar-refractivity contribution is -0.142. The van der Waals surface area contributed by atoms with Gasteiger partial charge >= 0.3 is 5.97 Å². The van der Waals surface area contributed by atoms with Crippen molar-refractivity contribution in [3.63, 3.8) is 0 Å². The number of para-hydroxylation sites is 1. The molecule has 2 aliphatic heterocycles. The molecule has 10 nitrogen and oxygen atoms in total. The van der Waals surface area contributed by atoms with E-state index in [1.807, 2.05) is 24.3 Å². The second-order valence-corrected chi connectivity index (χ2v) is 13.3. The number of phenolic OH excluding ortho intramolecular Hbond substituents is 1. The van der Waals surface area contributed by atoms with Gasteiger partial charge in [0.2, 0.25) is 23.6 Å². The second-order valence-electron chi connectivity index (χ2n) is 12.8. The van der Waals surface area contributed by atoms with Gasteiger partial charge in [0.05, 0.1) is 36.0 Å². The minimum atomic E-state index is -1.54. The molecule has 0 aromatic heterocycles. The van der Waals surface area contributed by atoms with Gasteiger partial charge in [-0.05, 0) is 55.0 Å². The molecule has 2 aliphatic carbocycles. The SMILES string of the molecule is COc1cccc(C2C3=CCC4C(=O)N(CCCC(=O)O)C(=O)C4C3CC3C(=O)N(c4cccc(Cl)c4)C(=O)C32c2ccccc2)c1O. The molecule has 3 aromatic carbocycles. The zero-order chi connectivity index (χ0) is 33.9. The summed E-state index contributed by atoms with van der Waals surface area (Å²) in [4.78, 5) is 71.2. The number of nitrogens with zero attached hydrogens (tertiary/aromatic N) is 2. The van der Waals surface area contributed by atoms with Crippen LogP contribution in [0.4, 0.5) is 5.69 Å². The first-order valence-corrected chi connectivity index (χ1v) is 16.3. The number of carboxylic acids is 1. The van der Waals surface area contributed by atoms with Gasteiger partial charge in [0, 0.05) is 29.5 Å². The van der Waals surface area contributed by atoms with E-state index in [-0.39, 0.29) is 49.6 Å². The number of imide groups is 2. The highest BCUT2D eigenvalue weighted by Gasteiger charge is 2.70. The number of fused-ring (bicyclic) bond motifs is 4. The van der Waals surface area contributed by atoms with Crippen molar-refractivity contribution in [1.82, 2.24) is 4.90 Å². The van der Waals surface area contributed by atoms with Crippen LogP contribution in [0.25, 0.3) is 0 Å². The molecule has 2 saturated heterocycles. The third-order valence-electron chi connectivity index (χ3n) is 10.6. The topological polar surface area (TPSA) is 142 Å². The number of carbonyl (C=O) groups is 5. The number of phenols is 1. The standard InChI is InChI=1S/C37H33ClN2O8/c1-48-28-13-6-12-25(32(28)43)31-23-15-16-24-30(35(46)39(33(24)44)17-7-14-29(41)42)26(23)19-27-34(45)40(22-11-5-10-21(38)18-22)36(47)37(27,31)20-8-3-2-4-9-20/h2-6,8-13,15,18,24,26-27,30-31,43H,7,14,16-17,19H2,1H3,(H,41,42). The van der Waals surface area contributed by atoms with Crippen LogP contribution in [0.15, 0.2) is 84.4 Å². The van der Waals surface area contributed by atoms with Crippen molar-refractivity contribution in [2.24, 2.45) is 23.7 Å². The molecule has 7 rings (SSSR count). The Hall–Kier alpha value is -4.96. The van der Waals surface area contributed by atoms with Crippen molar-refractivity contribution in [2.75, 3.05) is 18.6 Å². The number of hydrogen-bond donors (Lipinski definition) is 2. The van der Waals surface area contributed by atoms with E-state index in [2.05, 4.69) is 0 Å². The molecule has 2 N–H and O–H groups in total. The van der Waals surface area contributed by atoms with E-state index < -0.39 is 58.7 Å². The van der Waals surface area contributed by atoms with Crippen LogP contribution in [-0.4, -0.2) is 58.4 Å². The van der Waals surface area contributed by atoms with Crippen LogP contribution in [0.3, 0.4) is 0 Å². The van der Waals surface area contributed by atoms with Crippen LogP contribution >= 0.6 is 11.6 Å². The summed E-state index contributed by atoms with van der Waals surface area (Å²) in [5.41, 5.74) is 0.411. The van der Waals surface area contributed by atoms with Crippen LogP contribution in [0.2, 0.25) is 5.02 Å². The number of rotatable bonds is 8. The molecule has 4 aliphatic rings. The van der Waals surface area contributed by atoms with Gasteiger partial charge in [-0.2, -0.15) is 0 Å². The van der Waals surface area contributed by atoms with E-state index in [4.69, 9.17) is 21.4 Å². The van der Waals surface area contributed by atoms with Gasteiger partial charge in [-0.1, -0.05) is 71.8 Å². The number of halogens is 1. The van der Waals surface area contributed by atoms with Gasteiger partial charge in [-0.3, -0.25) is 28.9 Å². The average molecular weight is 669 g/mol. The number of carbonyl (C=O) groups excluding carboxylic acids is 4. The summed E-state index contributed by atoms with van der Waals surface area (Å²) in [7, 11) is 1.43. The summed E-state index contributed by atoms with van der Waals surface area (Å²) in [5.74, 6) is -6.73. The number of anilines is 1. The highest BCUT2D eigenvalue weighted by Crippen LogP contribution is 2.65. The number of likely N-dealkylation sites (tertiary alicyclic amines) is 1. The maximum Gasteiger partial charge on any atom is 0.303 e. The highest BCUT2D eigenvalue weighted by atomic mass is 35.5. The number of hydrogen-bond acceptors (Lipinski definition) is 7. The Morgan fingerprint density at radius 3 is 2.42 bits per heavy atom. The fourth-order valence-electron chi connectivity index (χ4n) is 8.70. The predicted molar refractivity (Wildman–Crippen MR) is 174 cm³/mol. The van der Waals surface area contributed by atoms with E-state index in [0.29, 0.717) is 27.4 Å². The number of benzene rings is 3. The second kappa shape index (κ2) is 11.9. The summed E-state index contributed by atoms with van der Waals surface area (Å²) in [6, 6.07) is 20.6. The number of amides is 4. The maximum atomic E-state index is 15.2. The molecule has 48 heavy (non-hydrogen) atoms. The van der Waals surface area contributed by atoms with Crippen LogP contribution in [0, 0.1) is 23.7 Å². The summed E-state index contributed by atoms with van der Waals surface area (Å²) in [6.07, 6.45) is 2.16. The monoisotopic (exact) mass is 668 g/mol. The lowest BCUT2D eigenvalue weighted by Gasteiger charge is -2.50. The molecule has 246 valence electrons. The fraction of sp³-hybridized carbons (Fsp3) is 0.324. The van der Waals surface area contributed by atoms with Gasteiger partial charge in [-0.15, -0.1) is 0 Å². The largest absolute Gasteiger partial charge is 0.504 e. The quantitative estimate of drug-likeness (QED) is 0.250. The molecule has 3 fully saturated rings. The smallest absolute Gasteiger partial charge is 0.303 e. The van der Waals surface area contributed by atoms with E-state index >= 15 is 4.79 Å². The van der Waals surface area contributed by atoms with E-state index in [1.54, 1.807) is 54.6 Å². The van der Waals surface area contributed by atoms with Gasteiger partial charge < -0.3 is 14.9 Å². The number of aromatic hydroxyl groups is 1. The Kier molecular flexibility index (Phi) is 7.86. The van der Waals surface area contributed by atoms with E-state index in [9.17, 15) is 24.3 Å². The molecule has 11 heteroatoms. The minimum Gasteiger partial charge on any atom is -0.504 e. The third-order valence-corrected chi connectivity index (χ3v) is 10.8. The molecule has 0 radical (unpaired) electrons. The van der Waals surface area contributed by atoms with Crippen molar-refractivity contribution in [2.45, 2.75) is 37.0 Å². The zero-order valence-corrected chi connectivity index (χ0v) is 26.8. The van der Waals surface area contributed by atoms with Crippen LogP contribution < -0.4 is 9.64 Å². The van der Waals surface area contributed by atoms with Gasteiger partial charge in [0.25, 0.3) is 0 Å². The lowest BCUT2D eigenvalue weighted by atomic mass is 9.49. The van der Waals surface area contributed by atoms with Crippen molar-refractivity contribution in [1.29, 1.82) is 0 Å². The van der Waals surface area contributed by atoms with Crippen molar-refractivity contribution in [3.05, 3.63) is 101 Å². The minimum absolute atomic E-state index is 0.0174. The van der Waals surface area contributed by atoms with Crippen molar-refractivity contribution < 1.29 is 38.9 Å². The van der Waals surface area contributed by atoms with E-state index in [1.165, 1.54) is 12.0 Å². The molecular formula is C37H33ClN2O8. The number of carboxylic acid groups (broad SMARTS) is 1. The van der Waals surface area contributed by atoms with Crippen LogP contribution in [-0.2, 0) is 29.4 Å². The molecule has 1 saturated carbocycles. The molecule has 6 atom stereocenters. The Morgan fingerprint density at radius 1 is 0.958 bits per heavy atom. The Labute approximate surface area is 281 Å². The number of ether oxygens (including phenoxy) is 1. The lowest BCUT2D eigenvalue weighted by Crippen LogP contribution is -2.53. The Morgan fingerprint density at radius 2 is 1.71 bits per heavy atom. The zero-order valence-electron chi connectivity index (χ0n) is 26.0. The van der Waals surface area contributed by atoms with Gasteiger partial charge in [-0.25, -0.2) is 4.90 Å². The Balaban J connectivity index is 1.45. The first-order chi connectivity index (χ1) is 23.1. The third kappa shape index (κ3) is 4.57. The first-order valence-electron chi connectivity index (χ1n) is 15.9. The first kappa shape index (κ1) is 31.6. The van der Waals surface area contributed by atoms with Gasteiger partial charge in [0.1, 0.15) is 0 Å². The maximum absolute atomic E-state index is 15.2. The normalized spacial score (nSPS) is 27.8.